The standard InChI is InChI=1S/C26H17BrFN3OS/c1-16-6-8-17(9-7-16)23-26(31-24(32)18-10-12-21(27)13-11-18)33-25(30-23)20(15-29)14-19-4-2-3-5-22(19)28/h2-14H,1H3,(H,31,32). The summed E-state index contributed by atoms with van der Waals surface area (Å²) in [5, 5.41) is 13.6. The van der Waals surface area contributed by atoms with E-state index >= 15 is 0 Å². The first-order chi connectivity index (χ1) is 15.9. The number of carbonyl (C=O) groups is 1. The van der Waals surface area contributed by atoms with Crippen LogP contribution in [0.15, 0.2) is 77.3 Å². The average molecular weight is 518 g/mol. The van der Waals surface area contributed by atoms with Gasteiger partial charge >= 0.3 is 0 Å². The molecule has 0 bridgehead atoms. The smallest absolute Gasteiger partial charge is 0.256 e. The van der Waals surface area contributed by atoms with Gasteiger partial charge < -0.3 is 5.32 Å². The van der Waals surface area contributed by atoms with Crippen molar-refractivity contribution in [2.75, 3.05) is 5.32 Å². The maximum absolute atomic E-state index is 14.1. The van der Waals surface area contributed by atoms with E-state index in [1.165, 1.54) is 23.5 Å². The Balaban J connectivity index is 1.77. The van der Waals surface area contributed by atoms with Crippen molar-refractivity contribution in [1.82, 2.24) is 4.98 Å². The van der Waals surface area contributed by atoms with Gasteiger partial charge in [-0.1, -0.05) is 75.3 Å². The number of nitrogens with one attached hydrogen (secondary N) is 1. The first-order valence-corrected chi connectivity index (χ1v) is 11.6. The average Bonchev–Trinajstić information content (AvgIpc) is 3.23. The summed E-state index contributed by atoms with van der Waals surface area (Å²) in [5.41, 5.74) is 3.44. The van der Waals surface area contributed by atoms with Crippen LogP contribution in [0.4, 0.5) is 9.39 Å². The predicted molar refractivity (Wildman–Crippen MR) is 134 cm³/mol. The Labute approximate surface area is 203 Å². The predicted octanol–water partition coefficient (Wildman–Crippen LogP) is 7.34. The molecular formula is C26H17BrFN3OS. The molecule has 0 aliphatic rings. The van der Waals surface area contributed by atoms with E-state index < -0.39 is 5.82 Å². The van der Waals surface area contributed by atoms with Gasteiger partial charge in [0.15, 0.2) is 0 Å². The van der Waals surface area contributed by atoms with Gasteiger partial charge in [-0.05, 0) is 43.3 Å². The summed E-state index contributed by atoms with van der Waals surface area (Å²) >= 11 is 4.54. The summed E-state index contributed by atoms with van der Waals surface area (Å²) in [5.74, 6) is -0.716. The number of aryl methyl sites for hydroxylation is 1. The lowest BCUT2D eigenvalue weighted by molar-refractivity contribution is 0.102. The second kappa shape index (κ2) is 9.90. The van der Waals surface area contributed by atoms with Crippen molar-refractivity contribution in [2.24, 2.45) is 0 Å². The van der Waals surface area contributed by atoms with E-state index in [1.807, 2.05) is 31.2 Å². The lowest BCUT2D eigenvalue weighted by Gasteiger charge is -2.06. The van der Waals surface area contributed by atoms with Crippen molar-refractivity contribution in [3.63, 3.8) is 0 Å². The van der Waals surface area contributed by atoms with Gasteiger partial charge in [0.25, 0.3) is 5.91 Å². The molecule has 0 aliphatic heterocycles. The van der Waals surface area contributed by atoms with E-state index in [1.54, 1.807) is 42.5 Å². The molecule has 0 atom stereocenters. The number of thiazole rings is 1. The quantitative estimate of drug-likeness (QED) is 0.281. The van der Waals surface area contributed by atoms with Gasteiger partial charge in [0.1, 0.15) is 27.6 Å². The number of hydrogen-bond acceptors (Lipinski definition) is 4. The second-order valence-corrected chi connectivity index (χ2v) is 9.13. The van der Waals surface area contributed by atoms with Crippen LogP contribution in [0, 0.1) is 24.1 Å². The lowest BCUT2D eigenvalue weighted by Crippen LogP contribution is -2.11. The van der Waals surface area contributed by atoms with Crippen LogP contribution in [0.1, 0.15) is 26.5 Å². The van der Waals surface area contributed by atoms with Crippen molar-refractivity contribution in [2.45, 2.75) is 6.92 Å². The van der Waals surface area contributed by atoms with Crippen molar-refractivity contribution in [1.29, 1.82) is 5.26 Å². The molecule has 0 saturated heterocycles. The third-order valence-corrected chi connectivity index (χ3v) is 6.37. The molecule has 0 radical (unpaired) electrons. The van der Waals surface area contributed by atoms with Crippen LogP contribution < -0.4 is 5.32 Å². The highest BCUT2D eigenvalue weighted by atomic mass is 79.9. The minimum atomic E-state index is -0.427. The summed E-state index contributed by atoms with van der Waals surface area (Å²) < 4.78 is 15.0. The van der Waals surface area contributed by atoms with Gasteiger partial charge in [0, 0.05) is 21.2 Å². The Kier molecular flexibility index (Phi) is 6.78. The number of hydrogen-bond donors (Lipinski definition) is 1. The van der Waals surface area contributed by atoms with Crippen LogP contribution in [-0.2, 0) is 0 Å². The van der Waals surface area contributed by atoms with Crippen molar-refractivity contribution < 1.29 is 9.18 Å². The minimum Gasteiger partial charge on any atom is -0.312 e. The summed E-state index contributed by atoms with van der Waals surface area (Å²) in [6, 6.07) is 23.1. The number of halogens is 2. The highest BCUT2D eigenvalue weighted by Crippen LogP contribution is 2.37. The number of benzene rings is 3. The molecule has 7 heteroatoms. The van der Waals surface area contributed by atoms with Crippen LogP contribution in [0.5, 0.6) is 0 Å². The van der Waals surface area contributed by atoms with Crippen molar-refractivity contribution in [3.8, 4) is 17.3 Å². The monoisotopic (exact) mass is 517 g/mol. The van der Waals surface area contributed by atoms with Crippen LogP contribution in [0.2, 0.25) is 0 Å². The molecule has 4 rings (SSSR count). The third kappa shape index (κ3) is 5.25. The van der Waals surface area contributed by atoms with Gasteiger partial charge in [0.2, 0.25) is 0 Å². The molecule has 1 heterocycles. The summed E-state index contributed by atoms with van der Waals surface area (Å²) in [6.45, 7) is 1.98. The van der Waals surface area contributed by atoms with Gasteiger partial charge in [-0.3, -0.25) is 4.79 Å². The highest BCUT2D eigenvalue weighted by Gasteiger charge is 2.19. The molecule has 3 aromatic carbocycles. The molecule has 0 fully saturated rings. The largest absolute Gasteiger partial charge is 0.312 e. The molecule has 0 spiro atoms. The number of rotatable bonds is 5. The molecule has 1 amide bonds. The van der Waals surface area contributed by atoms with Crippen LogP contribution >= 0.6 is 27.3 Å². The Morgan fingerprint density at radius 3 is 2.45 bits per heavy atom. The van der Waals surface area contributed by atoms with Crippen molar-refractivity contribution >= 4 is 49.8 Å². The zero-order chi connectivity index (χ0) is 23.4. The van der Waals surface area contributed by atoms with Gasteiger partial charge in [-0.2, -0.15) is 5.26 Å². The fraction of sp³-hybridized carbons (Fsp3) is 0.0385. The number of nitriles is 1. The van der Waals surface area contributed by atoms with Crippen LogP contribution in [-0.4, -0.2) is 10.9 Å². The molecule has 1 N–H and O–H groups in total. The Morgan fingerprint density at radius 2 is 1.79 bits per heavy atom. The van der Waals surface area contributed by atoms with Gasteiger partial charge in [-0.25, -0.2) is 9.37 Å². The number of aromatic nitrogens is 1. The first kappa shape index (κ1) is 22.6. The van der Waals surface area contributed by atoms with Gasteiger partial charge in [0.05, 0.1) is 5.57 Å². The maximum Gasteiger partial charge on any atom is 0.256 e. The zero-order valence-electron chi connectivity index (χ0n) is 17.5. The van der Waals surface area contributed by atoms with Crippen molar-refractivity contribution in [3.05, 3.63) is 105 Å². The van der Waals surface area contributed by atoms with E-state index in [0.717, 1.165) is 15.6 Å². The molecule has 162 valence electrons. The van der Waals surface area contributed by atoms with E-state index in [4.69, 9.17) is 0 Å². The number of anilines is 1. The Hall–Kier alpha value is -3.60. The van der Waals surface area contributed by atoms with Crippen LogP contribution in [0.25, 0.3) is 22.9 Å². The summed E-state index contributed by atoms with van der Waals surface area (Å²) in [4.78, 5) is 17.5. The van der Waals surface area contributed by atoms with Gasteiger partial charge in [-0.15, -0.1) is 0 Å². The molecule has 0 unspecified atom stereocenters. The summed E-state index contributed by atoms with van der Waals surface area (Å²) in [6.07, 6.45) is 1.47. The first-order valence-electron chi connectivity index (χ1n) is 9.96. The normalized spacial score (nSPS) is 11.2. The molecule has 1 aromatic heterocycles. The fourth-order valence-corrected chi connectivity index (χ4v) is 4.31. The van der Waals surface area contributed by atoms with E-state index in [2.05, 4.69) is 32.3 Å². The molecule has 0 saturated carbocycles. The van der Waals surface area contributed by atoms with E-state index in [9.17, 15) is 14.4 Å². The molecule has 33 heavy (non-hydrogen) atoms. The third-order valence-electron chi connectivity index (χ3n) is 4.84. The Morgan fingerprint density at radius 1 is 1.09 bits per heavy atom. The SMILES string of the molecule is Cc1ccc(-c2nc(C(C#N)=Cc3ccccc3F)sc2NC(=O)c2ccc(Br)cc2)cc1. The number of carbonyl (C=O) groups excluding carboxylic acids is 1. The Bertz CT molecular complexity index is 1390. The molecular weight excluding hydrogens is 501 g/mol. The topological polar surface area (TPSA) is 65.8 Å². The number of nitrogens with zero attached hydrogens (tertiary/aromatic N) is 2. The van der Waals surface area contributed by atoms with E-state index in [0.29, 0.717) is 26.8 Å². The minimum absolute atomic E-state index is 0.211. The molecule has 4 nitrogen and oxygen atoms in total. The lowest BCUT2D eigenvalue weighted by atomic mass is 10.1. The van der Waals surface area contributed by atoms with E-state index in [-0.39, 0.29) is 11.5 Å². The number of allylic oxidation sites excluding steroid dienone is 1. The fourth-order valence-electron chi connectivity index (χ4n) is 3.09. The molecule has 4 aromatic rings. The zero-order valence-corrected chi connectivity index (χ0v) is 19.9. The maximum atomic E-state index is 14.1. The number of amides is 1. The molecule has 0 aliphatic carbocycles. The summed E-state index contributed by atoms with van der Waals surface area (Å²) in [7, 11) is 0. The second-order valence-electron chi connectivity index (χ2n) is 7.22. The van der Waals surface area contributed by atoms with Crippen LogP contribution in [0.3, 0.4) is 0 Å². The highest BCUT2D eigenvalue weighted by molar-refractivity contribution is 9.10.